The van der Waals surface area contributed by atoms with E-state index in [9.17, 15) is 4.79 Å². The molecule has 0 radical (unpaired) electrons. The Labute approximate surface area is 141 Å². The molecule has 0 saturated carbocycles. The van der Waals surface area contributed by atoms with Crippen LogP contribution in [0.2, 0.25) is 0 Å². The number of ether oxygens (including phenoxy) is 2. The van der Waals surface area contributed by atoms with Gasteiger partial charge in [0.15, 0.2) is 5.70 Å². The second-order valence-electron chi connectivity index (χ2n) is 5.94. The minimum absolute atomic E-state index is 0.0929. The van der Waals surface area contributed by atoms with E-state index in [4.69, 9.17) is 9.47 Å². The molecule has 1 aliphatic heterocycles. The fourth-order valence-corrected chi connectivity index (χ4v) is 2.42. The van der Waals surface area contributed by atoms with Crippen LogP contribution in [-0.2, 0) is 9.53 Å². The maximum absolute atomic E-state index is 12.1. The lowest BCUT2D eigenvalue weighted by Crippen LogP contribution is -2.05. The van der Waals surface area contributed by atoms with Crippen LogP contribution in [0.1, 0.15) is 30.5 Å². The van der Waals surface area contributed by atoms with Crippen LogP contribution in [0.25, 0.3) is 6.08 Å². The fraction of sp³-hybridized carbons (Fsp3) is 0.200. The molecule has 0 saturated heterocycles. The lowest BCUT2D eigenvalue weighted by Gasteiger charge is -2.09. The average molecular weight is 321 g/mol. The van der Waals surface area contributed by atoms with Crippen LogP contribution >= 0.6 is 0 Å². The number of aliphatic imine (C=N–C) groups is 1. The van der Waals surface area contributed by atoms with Crippen molar-refractivity contribution in [2.24, 2.45) is 4.99 Å². The second kappa shape index (κ2) is 6.71. The van der Waals surface area contributed by atoms with Gasteiger partial charge in [0, 0.05) is 5.56 Å². The molecule has 0 N–H and O–H groups in total. The van der Waals surface area contributed by atoms with Crippen molar-refractivity contribution in [2.75, 3.05) is 0 Å². The van der Waals surface area contributed by atoms with E-state index >= 15 is 0 Å². The van der Waals surface area contributed by atoms with Crippen LogP contribution in [0.5, 0.6) is 5.75 Å². The Morgan fingerprint density at radius 3 is 2.67 bits per heavy atom. The highest BCUT2D eigenvalue weighted by Crippen LogP contribution is 2.22. The first-order chi connectivity index (χ1) is 11.5. The first-order valence-corrected chi connectivity index (χ1v) is 7.87. The predicted octanol–water partition coefficient (Wildman–Crippen LogP) is 4.13. The number of rotatable bonds is 4. The Balaban J connectivity index is 1.89. The largest absolute Gasteiger partial charge is 0.491 e. The number of cyclic esters (lactones) is 1. The van der Waals surface area contributed by atoms with Gasteiger partial charge < -0.3 is 9.47 Å². The molecule has 0 atom stereocenters. The van der Waals surface area contributed by atoms with Crippen molar-refractivity contribution in [1.82, 2.24) is 0 Å². The van der Waals surface area contributed by atoms with Crippen LogP contribution in [0.3, 0.4) is 0 Å². The van der Waals surface area contributed by atoms with E-state index in [0.717, 1.165) is 22.4 Å². The van der Waals surface area contributed by atoms with Crippen molar-refractivity contribution in [2.45, 2.75) is 26.9 Å². The Bertz CT molecular complexity index is 834. The fourth-order valence-electron chi connectivity index (χ4n) is 2.42. The van der Waals surface area contributed by atoms with Crippen molar-refractivity contribution in [1.29, 1.82) is 0 Å². The van der Waals surface area contributed by atoms with Gasteiger partial charge in [-0.3, -0.25) is 0 Å². The first kappa shape index (κ1) is 16.0. The molecule has 0 aromatic heterocycles. The maximum Gasteiger partial charge on any atom is 0.363 e. The molecule has 2 aromatic rings. The van der Waals surface area contributed by atoms with Crippen LogP contribution < -0.4 is 4.74 Å². The van der Waals surface area contributed by atoms with Gasteiger partial charge in [-0.25, -0.2) is 9.79 Å². The van der Waals surface area contributed by atoms with Gasteiger partial charge in [-0.15, -0.1) is 0 Å². The van der Waals surface area contributed by atoms with Crippen molar-refractivity contribution < 1.29 is 14.3 Å². The quantitative estimate of drug-likeness (QED) is 0.628. The topological polar surface area (TPSA) is 47.9 Å². The third-order valence-electron chi connectivity index (χ3n) is 3.42. The summed E-state index contributed by atoms with van der Waals surface area (Å²) in [5.74, 6) is 0.653. The van der Waals surface area contributed by atoms with Gasteiger partial charge in [-0.05, 0) is 56.7 Å². The van der Waals surface area contributed by atoms with Crippen molar-refractivity contribution >= 4 is 17.9 Å². The van der Waals surface area contributed by atoms with Gasteiger partial charge in [-0.2, -0.15) is 0 Å². The Hall–Kier alpha value is -2.88. The number of hydrogen-bond donors (Lipinski definition) is 0. The first-order valence-electron chi connectivity index (χ1n) is 7.87. The van der Waals surface area contributed by atoms with E-state index in [1.165, 1.54) is 0 Å². The molecule has 0 unspecified atom stereocenters. The van der Waals surface area contributed by atoms with Gasteiger partial charge >= 0.3 is 5.97 Å². The molecule has 1 aliphatic rings. The summed E-state index contributed by atoms with van der Waals surface area (Å²) in [6, 6.07) is 15.2. The third kappa shape index (κ3) is 3.71. The summed E-state index contributed by atoms with van der Waals surface area (Å²) >= 11 is 0. The highest BCUT2D eigenvalue weighted by atomic mass is 16.6. The summed E-state index contributed by atoms with van der Waals surface area (Å²) in [7, 11) is 0. The average Bonchev–Trinajstić information content (AvgIpc) is 2.88. The van der Waals surface area contributed by atoms with E-state index in [1.807, 2.05) is 69.3 Å². The minimum atomic E-state index is -0.443. The van der Waals surface area contributed by atoms with Crippen LogP contribution in [0, 0.1) is 6.92 Å². The summed E-state index contributed by atoms with van der Waals surface area (Å²) in [5, 5.41) is 0. The predicted molar refractivity (Wildman–Crippen MR) is 94.0 cm³/mol. The number of benzene rings is 2. The van der Waals surface area contributed by atoms with Crippen molar-refractivity contribution in [3.63, 3.8) is 0 Å². The van der Waals surface area contributed by atoms with Gasteiger partial charge in [0.05, 0.1) is 6.10 Å². The number of nitrogens with zero attached hydrogens (tertiary/aromatic N) is 1. The van der Waals surface area contributed by atoms with Crippen molar-refractivity contribution in [3.05, 3.63) is 70.9 Å². The Morgan fingerprint density at radius 2 is 1.92 bits per heavy atom. The molecule has 4 nitrogen and oxygen atoms in total. The van der Waals surface area contributed by atoms with E-state index in [1.54, 1.807) is 6.08 Å². The number of hydrogen-bond acceptors (Lipinski definition) is 4. The summed E-state index contributed by atoms with van der Waals surface area (Å²) in [6.45, 7) is 5.92. The zero-order valence-electron chi connectivity index (χ0n) is 13.9. The molecule has 3 rings (SSSR count). The van der Waals surface area contributed by atoms with E-state index < -0.39 is 5.97 Å². The zero-order valence-corrected chi connectivity index (χ0v) is 13.9. The van der Waals surface area contributed by atoms with Gasteiger partial charge in [0.1, 0.15) is 5.75 Å². The monoisotopic (exact) mass is 321 g/mol. The van der Waals surface area contributed by atoms with E-state index in [-0.39, 0.29) is 11.8 Å². The molecule has 122 valence electrons. The number of carbonyl (C=O) groups excluding carboxylic acids is 1. The lowest BCUT2D eigenvalue weighted by atomic mass is 10.1. The second-order valence-corrected chi connectivity index (χ2v) is 5.94. The molecule has 0 bridgehead atoms. The highest BCUT2D eigenvalue weighted by Gasteiger charge is 2.24. The number of aryl methyl sites for hydroxylation is 1. The van der Waals surface area contributed by atoms with Crippen LogP contribution in [0.4, 0.5) is 0 Å². The van der Waals surface area contributed by atoms with E-state index in [2.05, 4.69) is 4.99 Å². The number of carbonyl (C=O) groups is 1. The maximum atomic E-state index is 12.1. The van der Waals surface area contributed by atoms with Gasteiger partial charge in [0.2, 0.25) is 5.90 Å². The molecule has 0 spiro atoms. The molecule has 24 heavy (non-hydrogen) atoms. The number of esters is 1. The smallest absolute Gasteiger partial charge is 0.363 e. The normalized spacial score (nSPS) is 15.6. The van der Waals surface area contributed by atoms with Gasteiger partial charge in [0.25, 0.3) is 0 Å². The lowest BCUT2D eigenvalue weighted by molar-refractivity contribution is -0.129. The zero-order chi connectivity index (χ0) is 17.1. The standard InChI is InChI=1S/C20H19NO3/c1-13(2)23-17-9-5-7-15(11-17)12-18-20(22)24-19(21-18)16-8-4-6-14(3)10-16/h4-13H,1-3H3/b18-12-. The molecule has 1 heterocycles. The molecular weight excluding hydrogens is 302 g/mol. The van der Waals surface area contributed by atoms with Crippen LogP contribution in [0.15, 0.2) is 59.2 Å². The minimum Gasteiger partial charge on any atom is -0.491 e. The SMILES string of the molecule is Cc1cccc(C2=N/C(=C\c3cccc(OC(C)C)c3)C(=O)O2)c1. The van der Waals surface area contributed by atoms with Crippen molar-refractivity contribution in [3.8, 4) is 5.75 Å². The van der Waals surface area contributed by atoms with Gasteiger partial charge in [-0.1, -0.05) is 29.8 Å². The molecule has 4 heteroatoms. The summed E-state index contributed by atoms with van der Waals surface area (Å²) in [4.78, 5) is 16.4. The summed E-state index contributed by atoms with van der Waals surface area (Å²) in [6.07, 6.45) is 1.80. The molecule has 0 amide bonds. The molecular formula is C20H19NO3. The Kier molecular flexibility index (Phi) is 4.47. The molecule has 0 fully saturated rings. The Morgan fingerprint density at radius 1 is 1.12 bits per heavy atom. The third-order valence-corrected chi connectivity index (χ3v) is 3.42. The summed E-state index contributed by atoms with van der Waals surface area (Å²) < 4.78 is 11.0. The summed E-state index contributed by atoms with van der Waals surface area (Å²) in [5.41, 5.74) is 3.01. The molecule has 0 aliphatic carbocycles. The van der Waals surface area contributed by atoms with Crippen LogP contribution in [-0.4, -0.2) is 18.0 Å². The highest BCUT2D eigenvalue weighted by molar-refractivity contribution is 6.12. The van der Waals surface area contributed by atoms with E-state index in [0.29, 0.717) is 5.90 Å². The molecule has 2 aromatic carbocycles.